The number of nitrogens with one attached hydrogen (secondary N) is 1. The number of ketones is 1. The van der Waals surface area contributed by atoms with Gasteiger partial charge >= 0.3 is 0 Å². The van der Waals surface area contributed by atoms with E-state index < -0.39 is 0 Å². The molecule has 0 fully saturated rings. The van der Waals surface area contributed by atoms with E-state index in [4.69, 9.17) is 0 Å². The topological polar surface area (TPSA) is 62.8 Å². The third-order valence-electron chi connectivity index (χ3n) is 4.32. The van der Waals surface area contributed by atoms with E-state index >= 15 is 0 Å². The van der Waals surface area contributed by atoms with E-state index in [1.165, 1.54) is 6.07 Å². The molecule has 0 radical (unpaired) electrons. The number of carbonyl (C=O) groups is 1. The Morgan fingerprint density at radius 3 is 2.42 bits per heavy atom. The molecule has 0 saturated heterocycles. The Bertz CT molecular complexity index is 1130. The fourth-order valence-corrected chi connectivity index (χ4v) is 3.09. The molecule has 0 bridgehead atoms. The van der Waals surface area contributed by atoms with Gasteiger partial charge in [0.2, 0.25) is 0 Å². The first-order chi connectivity index (χ1) is 12.7. The van der Waals surface area contributed by atoms with Gasteiger partial charge in [0.1, 0.15) is 0 Å². The van der Waals surface area contributed by atoms with E-state index in [2.05, 4.69) is 16.3 Å². The molecule has 1 aromatic heterocycles. The van der Waals surface area contributed by atoms with E-state index in [9.17, 15) is 9.59 Å². The molecule has 0 atom stereocenters. The Hall–Kier alpha value is -3.53. The zero-order valence-corrected chi connectivity index (χ0v) is 14.0. The molecule has 26 heavy (non-hydrogen) atoms. The van der Waals surface area contributed by atoms with Crippen molar-refractivity contribution in [2.45, 2.75) is 6.42 Å². The van der Waals surface area contributed by atoms with Crippen LogP contribution in [0.5, 0.6) is 0 Å². The zero-order valence-electron chi connectivity index (χ0n) is 14.0. The van der Waals surface area contributed by atoms with Crippen molar-refractivity contribution in [3.05, 3.63) is 112 Å². The van der Waals surface area contributed by atoms with E-state index in [0.29, 0.717) is 17.5 Å². The lowest BCUT2D eigenvalue weighted by molar-refractivity contribution is 0.104. The molecule has 1 N–H and O–H groups in total. The van der Waals surface area contributed by atoms with Crippen LogP contribution in [0.25, 0.3) is 10.8 Å². The van der Waals surface area contributed by atoms with E-state index in [1.54, 1.807) is 6.07 Å². The number of hydrogen-bond acceptors (Lipinski definition) is 3. The Balaban J connectivity index is 1.82. The molecule has 0 amide bonds. The van der Waals surface area contributed by atoms with Crippen molar-refractivity contribution < 1.29 is 4.79 Å². The average Bonchev–Trinajstić information content (AvgIpc) is 2.69. The minimum absolute atomic E-state index is 0.00178. The first-order valence-corrected chi connectivity index (χ1v) is 8.37. The molecule has 126 valence electrons. The number of H-pyrrole nitrogens is 1. The van der Waals surface area contributed by atoms with Gasteiger partial charge in [-0.25, -0.2) is 5.10 Å². The zero-order chi connectivity index (χ0) is 17.9. The third kappa shape index (κ3) is 3.17. The van der Waals surface area contributed by atoms with Crippen LogP contribution in [0.1, 0.15) is 27.2 Å². The second-order valence-electron chi connectivity index (χ2n) is 6.15. The fraction of sp³-hybridized carbons (Fsp3) is 0.0455. The second-order valence-corrected chi connectivity index (χ2v) is 6.15. The number of rotatable bonds is 4. The molecule has 4 aromatic rings. The van der Waals surface area contributed by atoms with E-state index in [0.717, 1.165) is 22.0 Å². The van der Waals surface area contributed by atoms with E-state index in [1.807, 2.05) is 60.7 Å². The maximum atomic E-state index is 13.0. The van der Waals surface area contributed by atoms with Crippen LogP contribution in [0.4, 0.5) is 0 Å². The lowest BCUT2D eigenvalue weighted by Gasteiger charge is -2.10. The number of fused-ring (bicyclic) bond motifs is 1. The first kappa shape index (κ1) is 16.0. The number of aromatic amines is 1. The summed E-state index contributed by atoms with van der Waals surface area (Å²) in [6.07, 6.45) is 0.538. The summed E-state index contributed by atoms with van der Waals surface area (Å²) in [7, 11) is 0. The van der Waals surface area contributed by atoms with Crippen molar-refractivity contribution in [2.75, 3.05) is 0 Å². The number of hydrogen-bond donors (Lipinski definition) is 1. The first-order valence-electron chi connectivity index (χ1n) is 8.37. The quantitative estimate of drug-likeness (QED) is 0.576. The summed E-state index contributed by atoms with van der Waals surface area (Å²) >= 11 is 0. The summed E-state index contributed by atoms with van der Waals surface area (Å²) < 4.78 is 0. The summed E-state index contributed by atoms with van der Waals surface area (Å²) in [4.78, 5) is 24.2. The van der Waals surface area contributed by atoms with Gasteiger partial charge in [-0.2, -0.15) is 5.10 Å². The lowest BCUT2D eigenvalue weighted by atomic mass is 9.93. The average molecular weight is 340 g/mol. The standard InChI is InChI=1S/C22H16N2O2/c25-21-11-10-18(23-24-21)13-15-12-17-8-4-5-9-19(17)20(14-15)22(26)16-6-2-1-3-7-16/h1-12,14H,13H2,(H,24,25). The van der Waals surface area contributed by atoms with Gasteiger partial charge in [-0.1, -0.05) is 60.7 Å². The summed E-state index contributed by atoms with van der Waals surface area (Å²) in [6.45, 7) is 0. The van der Waals surface area contributed by atoms with Crippen molar-refractivity contribution in [1.82, 2.24) is 10.2 Å². The van der Waals surface area contributed by atoms with Gasteiger partial charge < -0.3 is 0 Å². The van der Waals surface area contributed by atoms with Crippen LogP contribution < -0.4 is 5.56 Å². The molecule has 0 unspecified atom stereocenters. The highest BCUT2D eigenvalue weighted by Crippen LogP contribution is 2.25. The lowest BCUT2D eigenvalue weighted by Crippen LogP contribution is -2.08. The molecule has 3 aromatic carbocycles. The Labute approximate surface area is 150 Å². The van der Waals surface area contributed by atoms with Crippen LogP contribution in [0.2, 0.25) is 0 Å². The summed E-state index contributed by atoms with van der Waals surface area (Å²) in [5.74, 6) is -0.00178. The van der Waals surface area contributed by atoms with Crippen molar-refractivity contribution >= 4 is 16.6 Å². The maximum absolute atomic E-state index is 13.0. The van der Waals surface area contributed by atoms with Crippen LogP contribution in [0.3, 0.4) is 0 Å². The SMILES string of the molecule is O=C(c1ccccc1)c1cc(Cc2ccc(=O)[nH]n2)cc2ccccc12. The Kier molecular flexibility index (Phi) is 4.15. The normalized spacial score (nSPS) is 10.8. The van der Waals surface area contributed by atoms with Crippen LogP contribution in [-0.4, -0.2) is 16.0 Å². The van der Waals surface area contributed by atoms with Gasteiger partial charge in [-0.3, -0.25) is 9.59 Å². The number of nitrogens with zero attached hydrogens (tertiary/aromatic N) is 1. The summed E-state index contributed by atoms with van der Waals surface area (Å²) in [6, 6.07) is 24.3. The molecule has 0 aliphatic rings. The molecular formula is C22H16N2O2. The van der Waals surface area contributed by atoms with Crippen molar-refractivity contribution in [3.63, 3.8) is 0 Å². The largest absolute Gasteiger partial charge is 0.289 e. The van der Waals surface area contributed by atoms with Gasteiger partial charge in [0.15, 0.2) is 5.78 Å². The molecule has 1 heterocycles. The van der Waals surface area contributed by atoms with Gasteiger partial charge in [0.05, 0.1) is 5.69 Å². The van der Waals surface area contributed by atoms with Crippen molar-refractivity contribution in [1.29, 1.82) is 0 Å². The van der Waals surface area contributed by atoms with Gasteiger partial charge in [0, 0.05) is 23.6 Å². The second kappa shape index (κ2) is 6.76. The monoisotopic (exact) mass is 340 g/mol. The highest BCUT2D eigenvalue weighted by molar-refractivity contribution is 6.16. The highest BCUT2D eigenvalue weighted by atomic mass is 16.1. The van der Waals surface area contributed by atoms with Crippen molar-refractivity contribution in [3.8, 4) is 0 Å². The predicted molar refractivity (Wildman–Crippen MR) is 101 cm³/mol. The smallest absolute Gasteiger partial charge is 0.264 e. The Morgan fingerprint density at radius 2 is 1.65 bits per heavy atom. The van der Waals surface area contributed by atoms with Crippen LogP contribution >= 0.6 is 0 Å². The van der Waals surface area contributed by atoms with Crippen molar-refractivity contribution in [2.24, 2.45) is 0 Å². The fourth-order valence-electron chi connectivity index (χ4n) is 3.09. The van der Waals surface area contributed by atoms with Gasteiger partial charge in [-0.15, -0.1) is 0 Å². The Morgan fingerprint density at radius 1 is 0.885 bits per heavy atom. The number of carbonyl (C=O) groups excluding carboxylic acids is 1. The predicted octanol–water partition coefficient (Wildman–Crippen LogP) is 3.74. The molecule has 4 rings (SSSR count). The summed E-state index contributed by atoms with van der Waals surface area (Å²) in [5.41, 5.74) is 2.83. The van der Waals surface area contributed by atoms with Crippen LogP contribution in [-0.2, 0) is 6.42 Å². The molecule has 0 aliphatic carbocycles. The minimum Gasteiger partial charge on any atom is -0.289 e. The number of benzene rings is 3. The van der Waals surface area contributed by atoms with E-state index in [-0.39, 0.29) is 11.3 Å². The maximum Gasteiger partial charge on any atom is 0.264 e. The molecule has 0 aliphatic heterocycles. The highest BCUT2D eigenvalue weighted by Gasteiger charge is 2.14. The molecule has 4 heteroatoms. The third-order valence-corrected chi connectivity index (χ3v) is 4.32. The van der Waals surface area contributed by atoms with Crippen LogP contribution in [0.15, 0.2) is 83.7 Å². The molecule has 0 spiro atoms. The number of aromatic nitrogens is 2. The van der Waals surface area contributed by atoms with Gasteiger partial charge in [-0.05, 0) is 28.5 Å². The van der Waals surface area contributed by atoms with Gasteiger partial charge in [0.25, 0.3) is 5.56 Å². The molecular weight excluding hydrogens is 324 g/mol. The van der Waals surface area contributed by atoms with Crippen LogP contribution in [0, 0.1) is 0 Å². The minimum atomic E-state index is -0.229. The summed E-state index contributed by atoms with van der Waals surface area (Å²) in [5, 5.41) is 8.45. The molecule has 4 nitrogen and oxygen atoms in total. The molecule has 0 saturated carbocycles.